The summed E-state index contributed by atoms with van der Waals surface area (Å²) in [6.07, 6.45) is 2.03. The van der Waals surface area contributed by atoms with Gasteiger partial charge < -0.3 is 4.74 Å². The molecular weight excluding hydrogens is 454 g/mol. The van der Waals surface area contributed by atoms with E-state index in [1.54, 1.807) is 18.2 Å². The van der Waals surface area contributed by atoms with E-state index in [0.29, 0.717) is 36.1 Å². The number of carbonyl (C=O) groups excluding carboxylic acids is 1. The first-order valence-electron chi connectivity index (χ1n) is 11.2. The summed E-state index contributed by atoms with van der Waals surface area (Å²) in [7, 11) is 1.60. The zero-order valence-electron chi connectivity index (χ0n) is 19.6. The highest BCUT2D eigenvalue weighted by molar-refractivity contribution is 6.33. The fourth-order valence-corrected chi connectivity index (χ4v) is 4.47. The Labute approximate surface area is 202 Å². The topological polar surface area (TPSA) is 83.0 Å². The van der Waals surface area contributed by atoms with Crippen molar-refractivity contribution >= 4 is 23.3 Å². The number of benzene rings is 1. The Hall–Kier alpha value is -3.59. The molecule has 0 aliphatic carbocycles. The zero-order chi connectivity index (χ0) is 24.0. The highest BCUT2D eigenvalue weighted by Crippen LogP contribution is 2.34. The molecule has 0 fully saturated rings. The quantitative estimate of drug-likeness (QED) is 0.409. The molecule has 9 nitrogen and oxygen atoms in total. The van der Waals surface area contributed by atoms with Gasteiger partial charge in [-0.15, -0.1) is 5.10 Å². The molecule has 0 atom stereocenters. The van der Waals surface area contributed by atoms with Gasteiger partial charge in [-0.05, 0) is 38.5 Å². The Bertz CT molecular complexity index is 1350. The van der Waals surface area contributed by atoms with Gasteiger partial charge in [0.25, 0.3) is 0 Å². The van der Waals surface area contributed by atoms with Crippen LogP contribution in [0.4, 0.5) is 5.82 Å². The van der Waals surface area contributed by atoms with Crippen LogP contribution in [0.25, 0.3) is 17.1 Å². The standard InChI is InChI=1S/C24H26ClN7O2/c1-15(2)31-24(19(25)13-26-31)20-12-22-29(23(33)9-10-30(22)27-20)14-17-5-7-18(8-6-17)32-16(3)11-21(28-32)34-4/h5-8,11-13,15H,9-10,14H2,1-4H3. The fourth-order valence-electron chi connectivity index (χ4n) is 4.24. The molecule has 10 heteroatoms. The Morgan fingerprint density at radius 2 is 1.91 bits per heavy atom. The molecular formula is C24H26ClN7O2. The smallest absolute Gasteiger partial charge is 0.233 e. The van der Waals surface area contributed by atoms with E-state index in [1.807, 2.05) is 71.2 Å². The van der Waals surface area contributed by atoms with Crippen LogP contribution in [0, 0.1) is 6.92 Å². The second-order valence-corrected chi connectivity index (χ2v) is 9.03. The number of hydrogen-bond donors (Lipinski definition) is 0. The van der Waals surface area contributed by atoms with Crippen molar-refractivity contribution in [2.24, 2.45) is 0 Å². The fraction of sp³-hybridized carbons (Fsp3) is 0.333. The molecule has 0 spiro atoms. The van der Waals surface area contributed by atoms with Gasteiger partial charge in [0.2, 0.25) is 11.8 Å². The normalized spacial score (nSPS) is 13.6. The highest BCUT2D eigenvalue weighted by atomic mass is 35.5. The van der Waals surface area contributed by atoms with E-state index < -0.39 is 0 Å². The van der Waals surface area contributed by atoms with Crippen LogP contribution in [0.3, 0.4) is 0 Å². The molecule has 1 aliphatic heterocycles. The van der Waals surface area contributed by atoms with Crippen molar-refractivity contribution < 1.29 is 9.53 Å². The molecule has 0 saturated carbocycles. The van der Waals surface area contributed by atoms with Crippen molar-refractivity contribution in [3.05, 3.63) is 58.9 Å². The van der Waals surface area contributed by atoms with Crippen molar-refractivity contribution in [1.82, 2.24) is 29.3 Å². The number of fused-ring (bicyclic) bond motifs is 1. The van der Waals surface area contributed by atoms with Crippen LogP contribution in [0.1, 0.15) is 37.6 Å². The van der Waals surface area contributed by atoms with Gasteiger partial charge in [0.05, 0.1) is 37.1 Å². The van der Waals surface area contributed by atoms with Crippen molar-refractivity contribution in [2.75, 3.05) is 12.0 Å². The van der Waals surface area contributed by atoms with Crippen molar-refractivity contribution in [3.63, 3.8) is 0 Å². The second-order valence-electron chi connectivity index (χ2n) is 8.63. The molecule has 0 radical (unpaired) electrons. The van der Waals surface area contributed by atoms with Crippen LogP contribution >= 0.6 is 11.6 Å². The minimum Gasteiger partial charge on any atom is -0.480 e. The van der Waals surface area contributed by atoms with Crippen molar-refractivity contribution in [1.29, 1.82) is 0 Å². The lowest BCUT2D eigenvalue weighted by molar-refractivity contribution is -0.119. The minimum absolute atomic E-state index is 0.0687. The summed E-state index contributed by atoms with van der Waals surface area (Å²) in [5.41, 5.74) is 4.39. The first-order chi connectivity index (χ1) is 16.4. The SMILES string of the molecule is COc1cc(C)n(-c2ccc(CN3C(=O)CCn4nc(-c5c(Cl)cnn5C(C)C)cc43)cc2)n1. The molecule has 1 amide bonds. The maximum absolute atomic E-state index is 12.9. The number of hydrogen-bond acceptors (Lipinski definition) is 5. The minimum atomic E-state index is 0.0687. The molecule has 4 heterocycles. The molecule has 0 unspecified atom stereocenters. The highest BCUT2D eigenvalue weighted by Gasteiger charge is 2.28. The van der Waals surface area contributed by atoms with Gasteiger partial charge in [-0.2, -0.15) is 10.2 Å². The molecule has 3 aromatic heterocycles. The van der Waals surface area contributed by atoms with Gasteiger partial charge >= 0.3 is 0 Å². The van der Waals surface area contributed by atoms with Crippen LogP contribution in [0.15, 0.2) is 42.6 Å². The number of anilines is 1. The Morgan fingerprint density at radius 3 is 2.59 bits per heavy atom. The summed E-state index contributed by atoms with van der Waals surface area (Å²) in [6, 6.07) is 12.0. The third-order valence-electron chi connectivity index (χ3n) is 5.95. The van der Waals surface area contributed by atoms with Gasteiger partial charge in [0.1, 0.15) is 17.2 Å². The predicted octanol–water partition coefficient (Wildman–Crippen LogP) is 4.42. The van der Waals surface area contributed by atoms with Crippen molar-refractivity contribution in [3.8, 4) is 23.0 Å². The molecule has 0 saturated heterocycles. The molecule has 1 aromatic carbocycles. The monoisotopic (exact) mass is 479 g/mol. The first-order valence-corrected chi connectivity index (χ1v) is 11.5. The van der Waals surface area contributed by atoms with E-state index in [-0.39, 0.29) is 11.9 Å². The van der Waals surface area contributed by atoms with Crippen LogP contribution in [0.5, 0.6) is 5.88 Å². The van der Waals surface area contributed by atoms with E-state index in [1.165, 1.54) is 0 Å². The summed E-state index contributed by atoms with van der Waals surface area (Å²) in [6.45, 7) is 7.05. The van der Waals surface area contributed by atoms with E-state index in [4.69, 9.17) is 21.4 Å². The number of ether oxygens (including phenoxy) is 1. The molecule has 1 aliphatic rings. The second kappa shape index (κ2) is 8.64. The summed E-state index contributed by atoms with van der Waals surface area (Å²) in [4.78, 5) is 14.7. The van der Waals surface area contributed by atoms with E-state index in [2.05, 4.69) is 10.2 Å². The van der Waals surface area contributed by atoms with Crippen LogP contribution < -0.4 is 9.64 Å². The number of nitrogens with zero attached hydrogens (tertiary/aromatic N) is 7. The summed E-state index contributed by atoms with van der Waals surface area (Å²) in [5, 5.41) is 14.1. The Kier molecular flexibility index (Phi) is 5.65. The number of rotatable bonds is 6. The molecule has 176 valence electrons. The third-order valence-corrected chi connectivity index (χ3v) is 6.23. The Balaban J connectivity index is 1.43. The zero-order valence-corrected chi connectivity index (χ0v) is 20.3. The molecule has 34 heavy (non-hydrogen) atoms. The maximum atomic E-state index is 12.9. The molecule has 0 bridgehead atoms. The van der Waals surface area contributed by atoms with Gasteiger partial charge in [-0.25, -0.2) is 9.36 Å². The number of aromatic nitrogens is 6. The summed E-state index contributed by atoms with van der Waals surface area (Å²) in [5.74, 6) is 1.40. The average Bonchev–Trinajstić information content (AvgIpc) is 3.52. The third kappa shape index (κ3) is 3.86. The molecule has 0 N–H and O–H groups in total. The molecule has 4 aromatic rings. The first kappa shape index (κ1) is 22.2. The number of methoxy groups -OCH3 is 1. The van der Waals surface area contributed by atoms with E-state index in [9.17, 15) is 4.79 Å². The van der Waals surface area contributed by atoms with Gasteiger partial charge in [0.15, 0.2) is 0 Å². The van der Waals surface area contributed by atoms with Gasteiger partial charge in [-0.3, -0.25) is 14.4 Å². The number of halogens is 1. The lowest BCUT2D eigenvalue weighted by Crippen LogP contribution is -2.36. The van der Waals surface area contributed by atoms with E-state index >= 15 is 0 Å². The number of carbonyl (C=O) groups is 1. The van der Waals surface area contributed by atoms with Gasteiger partial charge in [-0.1, -0.05) is 23.7 Å². The van der Waals surface area contributed by atoms with Crippen LogP contribution in [-0.4, -0.2) is 42.4 Å². The summed E-state index contributed by atoms with van der Waals surface area (Å²) >= 11 is 6.44. The molecule has 5 rings (SSSR count). The summed E-state index contributed by atoms with van der Waals surface area (Å²) < 4.78 is 10.8. The lowest BCUT2D eigenvalue weighted by Gasteiger charge is -2.27. The number of aryl methyl sites for hydroxylation is 2. The maximum Gasteiger partial charge on any atom is 0.233 e. The largest absolute Gasteiger partial charge is 0.480 e. The van der Waals surface area contributed by atoms with Crippen molar-refractivity contribution in [2.45, 2.75) is 46.3 Å². The number of amides is 1. The van der Waals surface area contributed by atoms with Crippen LogP contribution in [-0.2, 0) is 17.9 Å². The Morgan fingerprint density at radius 1 is 1.15 bits per heavy atom. The van der Waals surface area contributed by atoms with Gasteiger partial charge in [0, 0.05) is 30.3 Å². The predicted molar refractivity (Wildman–Crippen MR) is 130 cm³/mol. The van der Waals surface area contributed by atoms with E-state index in [0.717, 1.165) is 28.5 Å². The van der Waals surface area contributed by atoms with Crippen LogP contribution in [0.2, 0.25) is 5.02 Å². The lowest BCUT2D eigenvalue weighted by atomic mass is 10.1. The average molecular weight is 480 g/mol.